The van der Waals surface area contributed by atoms with E-state index in [1.807, 2.05) is 18.2 Å². The van der Waals surface area contributed by atoms with Gasteiger partial charge in [0.2, 0.25) is 5.88 Å². The molecule has 0 aliphatic carbocycles. The highest BCUT2D eigenvalue weighted by Gasteiger charge is 2.12. The zero-order valence-electron chi connectivity index (χ0n) is 10.8. The van der Waals surface area contributed by atoms with Crippen molar-refractivity contribution >= 4 is 16.7 Å². The lowest BCUT2D eigenvalue weighted by molar-refractivity contribution is 0.318. The first-order valence-corrected chi connectivity index (χ1v) is 6.09. The van der Waals surface area contributed by atoms with Gasteiger partial charge in [-0.3, -0.25) is 4.98 Å². The van der Waals surface area contributed by atoms with E-state index in [0.29, 0.717) is 5.75 Å². The minimum atomic E-state index is -0.169. The van der Waals surface area contributed by atoms with Crippen LogP contribution in [0.15, 0.2) is 54.1 Å². The van der Waals surface area contributed by atoms with Crippen LogP contribution in [0.3, 0.4) is 0 Å². The predicted octanol–water partition coefficient (Wildman–Crippen LogP) is 1.91. The smallest absolute Gasteiger partial charge is 0.249 e. The molecule has 0 aliphatic rings. The average Bonchev–Trinajstić information content (AvgIpc) is 2.54. The van der Waals surface area contributed by atoms with E-state index in [9.17, 15) is 0 Å². The molecule has 0 unspecified atom stereocenters. The summed E-state index contributed by atoms with van der Waals surface area (Å²) in [6.45, 7) is 0. The molecule has 7 heteroatoms. The number of hydrogen-bond acceptors (Lipinski definition) is 6. The van der Waals surface area contributed by atoms with Crippen LogP contribution in [0.1, 0.15) is 5.69 Å². The highest BCUT2D eigenvalue weighted by molar-refractivity contribution is 5.97. The van der Waals surface area contributed by atoms with Gasteiger partial charge in [-0.1, -0.05) is 11.2 Å². The molecule has 3 aromatic rings. The van der Waals surface area contributed by atoms with Crippen LogP contribution in [-0.4, -0.2) is 26.0 Å². The molecule has 3 N–H and O–H groups in total. The summed E-state index contributed by atoms with van der Waals surface area (Å²) in [5.41, 5.74) is 6.51. The lowest BCUT2D eigenvalue weighted by Crippen LogP contribution is -2.16. The molecule has 0 radical (unpaired) electrons. The standard InChI is InChI=1S/C14H11N5O2/c15-13(19-20)12-14(18-7-6-17-12)21-10-4-3-9-2-1-5-16-11(9)8-10/h1-8,20H,(H2,15,19). The van der Waals surface area contributed by atoms with Crippen molar-refractivity contribution < 1.29 is 9.94 Å². The van der Waals surface area contributed by atoms with E-state index < -0.39 is 0 Å². The van der Waals surface area contributed by atoms with Crippen LogP contribution < -0.4 is 10.5 Å². The summed E-state index contributed by atoms with van der Waals surface area (Å²) in [7, 11) is 0. The maximum atomic E-state index is 8.75. The summed E-state index contributed by atoms with van der Waals surface area (Å²) in [5, 5.41) is 12.7. The molecule has 7 nitrogen and oxygen atoms in total. The zero-order chi connectivity index (χ0) is 14.7. The second-order valence-corrected chi connectivity index (χ2v) is 4.16. The molecule has 2 heterocycles. The fourth-order valence-corrected chi connectivity index (χ4v) is 1.84. The molecule has 1 aromatic carbocycles. The van der Waals surface area contributed by atoms with Crippen molar-refractivity contribution in [1.82, 2.24) is 15.0 Å². The van der Waals surface area contributed by atoms with Gasteiger partial charge in [-0.15, -0.1) is 0 Å². The summed E-state index contributed by atoms with van der Waals surface area (Å²) < 4.78 is 5.66. The SMILES string of the molecule is N/C(=N/O)c1nccnc1Oc1ccc2cccnc2c1. The number of pyridine rings is 1. The molecule has 0 fully saturated rings. The number of amidine groups is 1. The summed E-state index contributed by atoms with van der Waals surface area (Å²) in [6, 6.07) is 9.27. The van der Waals surface area contributed by atoms with Gasteiger partial charge in [-0.2, -0.15) is 0 Å². The fraction of sp³-hybridized carbons (Fsp3) is 0. The van der Waals surface area contributed by atoms with Crippen molar-refractivity contribution in [2.24, 2.45) is 10.9 Å². The molecule has 3 rings (SSSR count). The van der Waals surface area contributed by atoms with Crippen molar-refractivity contribution in [3.63, 3.8) is 0 Å². The van der Waals surface area contributed by atoms with Crippen molar-refractivity contribution in [2.75, 3.05) is 0 Å². The van der Waals surface area contributed by atoms with Crippen molar-refractivity contribution in [1.29, 1.82) is 0 Å². The number of fused-ring (bicyclic) bond motifs is 1. The monoisotopic (exact) mass is 281 g/mol. The number of hydrogen-bond donors (Lipinski definition) is 2. The maximum Gasteiger partial charge on any atom is 0.249 e. The number of nitrogens with zero attached hydrogens (tertiary/aromatic N) is 4. The van der Waals surface area contributed by atoms with Crippen LogP contribution in [0.2, 0.25) is 0 Å². The Bertz CT molecular complexity index is 819. The molecular formula is C14H11N5O2. The van der Waals surface area contributed by atoms with E-state index in [4.69, 9.17) is 15.7 Å². The van der Waals surface area contributed by atoms with E-state index in [0.717, 1.165) is 10.9 Å². The minimum Gasteiger partial charge on any atom is -0.437 e. The second kappa shape index (κ2) is 5.41. The Labute approximate surface area is 119 Å². The summed E-state index contributed by atoms with van der Waals surface area (Å²) in [5.74, 6) is 0.522. The molecule has 104 valence electrons. The van der Waals surface area contributed by atoms with Gasteiger partial charge in [0.25, 0.3) is 0 Å². The van der Waals surface area contributed by atoms with Gasteiger partial charge < -0.3 is 15.7 Å². The lowest BCUT2D eigenvalue weighted by Gasteiger charge is -2.08. The van der Waals surface area contributed by atoms with Gasteiger partial charge in [0.05, 0.1) is 5.52 Å². The zero-order valence-corrected chi connectivity index (χ0v) is 10.8. The Morgan fingerprint density at radius 2 is 1.95 bits per heavy atom. The first-order chi connectivity index (χ1) is 10.3. The molecule has 2 aromatic heterocycles. The average molecular weight is 281 g/mol. The largest absolute Gasteiger partial charge is 0.437 e. The van der Waals surface area contributed by atoms with Gasteiger partial charge >= 0.3 is 0 Å². The van der Waals surface area contributed by atoms with E-state index >= 15 is 0 Å². The molecule has 0 bridgehead atoms. The van der Waals surface area contributed by atoms with Crippen LogP contribution in [0.5, 0.6) is 11.6 Å². The minimum absolute atomic E-state index is 0.156. The van der Waals surface area contributed by atoms with Crippen molar-refractivity contribution in [3.05, 3.63) is 54.6 Å². The van der Waals surface area contributed by atoms with E-state index in [1.54, 1.807) is 18.3 Å². The number of benzene rings is 1. The Kier molecular flexibility index (Phi) is 3.30. The predicted molar refractivity (Wildman–Crippen MR) is 76.4 cm³/mol. The van der Waals surface area contributed by atoms with Gasteiger partial charge in [-0.05, 0) is 18.2 Å². The molecule has 0 saturated heterocycles. The Morgan fingerprint density at radius 3 is 2.81 bits per heavy atom. The number of ether oxygens (including phenoxy) is 1. The van der Waals surface area contributed by atoms with Crippen LogP contribution >= 0.6 is 0 Å². The number of oxime groups is 1. The first kappa shape index (κ1) is 12.8. The third-order valence-corrected chi connectivity index (χ3v) is 2.81. The number of nitrogens with two attached hydrogens (primary N) is 1. The molecule has 21 heavy (non-hydrogen) atoms. The van der Waals surface area contributed by atoms with Crippen LogP contribution in [0.4, 0.5) is 0 Å². The van der Waals surface area contributed by atoms with Crippen molar-refractivity contribution in [2.45, 2.75) is 0 Å². The van der Waals surface area contributed by atoms with Crippen LogP contribution in [0, 0.1) is 0 Å². The Morgan fingerprint density at radius 1 is 1.10 bits per heavy atom. The molecule has 0 aliphatic heterocycles. The Balaban J connectivity index is 1.99. The first-order valence-electron chi connectivity index (χ1n) is 6.09. The van der Waals surface area contributed by atoms with E-state index in [-0.39, 0.29) is 17.4 Å². The molecule has 0 atom stereocenters. The highest BCUT2D eigenvalue weighted by atomic mass is 16.5. The van der Waals surface area contributed by atoms with Gasteiger partial charge in [0.15, 0.2) is 11.5 Å². The van der Waals surface area contributed by atoms with Crippen LogP contribution in [0.25, 0.3) is 10.9 Å². The topological polar surface area (TPSA) is 107 Å². The van der Waals surface area contributed by atoms with Crippen molar-refractivity contribution in [3.8, 4) is 11.6 Å². The quantitative estimate of drug-likeness (QED) is 0.329. The summed E-state index contributed by atoms with van der Waals surface area (Å²) in [6.07, 6.45) is 4.60. The normalized spacial score (nSPS) is 11.5. The molecule has 0 saturated carbocycles. The highest BCUT2D eigenvalue weighted by Crippen LogP contribution is 2.24. The Hall–Kier alpha value is -3.22. The summed E-state index contributed by atoms with van der Waals surface area (Å²) in [4.78, 5) is 12.3. The maximum absolute atomic E-state index is 8.75. The van der Waals surface area contributed by atoms with Gasteiger partial charge in [0, 0.05) is 30.0 Å². The third-order valence-electron chi connectivity index (χ3n) is 2.81. The third kappa shape index (κ3) is 2.57. The van der Waals surface area contributed by atoms with Gasteiger partial charge in [0.1, 0.15) is 5.75 Å². The number of aromatic nitrogens is 3. The van der Waals surface area contributed by atoms with E-state index in [1.165, 1.54) is 12.4 Å². The lowest BCUT2D eigenvalue weighted by atomic mass is 10.2. The van der Waals surface area contributed by atoms with Crippen LogP contribution in [-0.2, 0) is 0 Å². The molecule has 0 spiro atoms. The summed E-state index contributed by atoms with van der Waals surface area (Å²) >= 11 is 0. The second-order valence-electron chi connectivity index (χ2n) is 4.16. The molecular weight excluding hydrogens is 270 g/mol. The fourth-order valence-electron chi connectivity index (χ4n) is 1.84. The molecule has 0 amide bonds. The van der Waals surface area contributed by atoms with E-state index in [2.05, 4.69) is 20.1 Å². The number of rotatable bonds is 3. The van der Waals surface area contributed by atoms with Gasteiger partial charge in [-0.25, -0.2) is 9.97 Å².